The summed E-state index contributed by atoms with van der Waals surface area (Å²) in [6.07, 6.45) is 1.92. The Balaban J connectivity index is 1.91. The Hall–Kier alpha value is -0.670. The van der Waals surface area contributed by atoms with Crippen molar-refractivity contribution in [1.82, 2.24) is 4.90 Å². The van der Waals surface area contributed by atoms with E-state index >= 15 is 0 Å². The van der Waals surface area contributed by atoms with Crippen LogP contribution in [0.1, 0.15) is 44.0 Å². The zero-order valence-corrected chi connectivity index (χ0v) is 14.2. The number of likely N-dealkylation sites (tertiary alicyclic amines) is 1. The van der Waals surface area contributed by atoms with Crippen molar-refractivity contribution < 1.29 is 4.79 Å². The first kappa shape index (κ1) is 15.7. The molecule has 1 aromatic carbocycles. The topological polar surface area (TPSA) is 20.3 Å². The molecule has 2 rings (SSSR count). The highest BCUT2D eigenvalue weighted by Crippen LogP contribution is 2.27. The van der Waals surface area contributed by atoms with Crippen LogP contribution < -0.4 is 0 Å². The van der Waals surface area contributed by atoms with Crippen LogP contribution in [0.2, 0.25) is 0 Å². The third kappa shape index (κ3) is 3.92. The van der Waals surface area contributed by atoms with Gasteiger partial charge in [0.25, 0.3) is 0 Å². The standard InChI is InChI=1S/C17H24BrNO/c1-12-10-13(2)14(3)19(11-12)9-8-17(20)15-4-6-16(18)7-5-15/h4-7,12-14H,8-11H2,1-3H3. The van der Waals surface area contributed by atoms with Gasteiger partial charge in [-0.3, -0.25) is 9.69 Å². The molecule has 0 radical (unpaired) electrons. The van der Waals surface area contributed by atoms with E-state index in [9.17, 15) is 4.79 Å². The summed E-state index contributed by atoms with van der Waals surface area (Å²) in [5.74, 6) is 1.71. The maximum Gasteiger partial charge on any atom is 0.164 e. The number of nitrogens with zero attached hydrogens (tertiary/aromatic N) is 1. The van der Waals surface area contributed by atoms with Gasteiger partial charge in [-0.25, -0.2) is 0 Å². The zero-order valence-electron chi connectivity index (χ0n) is 12.6. The number of hydrogen-bond acceptors (Lipinski definition) is 2. The van der Waals surface area contributed by atoms with Gasteiger partial charge in [0.05, 0.1) is 0 Å². The smallest absolute Gasteiger partial charge is 0.164 e. The average Bonchev–Trinajstić information content (AvgIpc) is 2.41. The van der Waals surface area contributed by atoms with Gasteiger partial charge in [-0.05, 0) is 37.3 Å². The number of ketones is 1. The van der Waals surface area contributed by atoms with Crippen molar-refractivity contribution in [3.8, 4) is 0 Å². The van der Waals surface area contributed by atoms with Crippen LogP contribution in [0, 0.1) is 11.8 Å². The van der Waals surface area contributed by atoms with E-state index in [0.29, 0.717) is 12.5 Å². The highest BCUT2D eigenvalue weighted by Gasteiger charge is 2.28. The lowest BCUT2D eigenvalue weighted by Crippen LogP contribution is -2.46. The number of Topliss-reactive ketones (excluding diaryl/α,β-unsaturated/α-hetero) is 1. The van der Waals surface area contributed by atoms with Gasteiger partial charge in [-0.1, -0.05) is 41.9 Å². The minimum atomic E-state index is 0.246. The molecule has 0 aliphatic carbocycles. The summed E-state index contributed by atoms with van der Waals surface area (Å²) in [4.78, 5) is 14.7. The fourth-order valence-corrected chi connectivity index (χ4v) is 3.42. The Labute approximate surface area is 130 Å². The van der Waals surface area contributed by atoms with E-state index < -0.39 is 0 Å². The predicted molar refractivity (Wildman–Crippen MR) is 87.1 cm³/mol. The van der Waals surface area contributed by atoms with Crippen LogP contribution in [0.3, 0.4) is 0 Å². The fraction of sp³-hybridized carbons (Fsp3) is 0.588. The number of carbonyl (C=O) groups excluding carboxylic acids is 1. The van der Waals surface area contributed by atoms with Crippen LogP contribution in [-0.4, -0.2) is 29.8 Å². The molecule has 1 aromatic rings. The molecular formula is C17H24BrNO. The van der Waals surface area contributed by atoms with Crippen LogP contribution in [0.5, 0.6) is 0 Å². The summed E-state index contributed by atoms with van der Waals surface area (Å²) in [7, 11) is 0. The van der Waals surface area contributed by atoms with Crippen molar-refractivity contribution in [3.05, 3.63) is 34.3 Å². The molecule has 1 heterocycles. The van der Waals surface area contributed by atoms with Crippen molar-refractivity contribution in [1.29, 1.82) is 0 Å². The van der Waals surface area contributed by atoms with Gasteiger partial charge in [-0.15, -0.1) is 0 Å². The third-order valence-corrected chi connectivity index (χ3v) is 5.04. The lowest BCUT2D eigenvalue weighted by atomic mass is 9.86. The number of rotatable bonds is 4. The molecule has 0 amide bonds. The van der Waals surface area contributed by atoms with Crippen LogP contribution in [0.15, 0.2) is 28.7 Å². The monoisotopic (exact) mass is 337 g/mol. The zero-order chi connectivity index (χ0) is 14.7. The van der Waals surface area contributed by atoms with Crippen LogP contribution >= 0.6 is 15.9 Å². The molecule has 1 aliphatic heterocycles. The SMILES string of the molecule is CC1CC(C)C(C)N(CCC(=O)c2ccc(Br)cc2)C1. The first-order valence-electron chi connectivity index (χ1n) is 7.50. The van der Waals surface area contributed by atoms with Crippen molar-refractivity contribution in [2.45, 2.75) is 39.7 Å². The van der Waals surface area contributed by atoms with E-state index in [1.807, 2.05) is 24.3 Å². The summed E-state index contributed by atoms with van der Waals surface area (Å²) in [6.45, 7) is 8.93. The van der Waals surface area contributed by atoms with Crippen molar-refractivity contribution in [2.75, 3.05) is 13.1 Å². The molecule has 20 heavy (non-hydrogen) atoms. The molecule has 1 saturated heterocycles. The molecule has 1 aliphatic rings. The van der Waals surface area contributed by atoms with Crippen LogP contribution in [0.25, 0.3) is 0 Å². The quantitative estimate of drug-likeness (QED) is 0.759. The van der Waals surface area contributed by atoms with Gasteiger partial charge < -0.3 is 0 Å². The minimum absolute atomic E-state index is 0.246. The van der Waals surface area contributed by atoms with Gasteiger partial charge in [0.1, 0.15) is 0 Å². The van der Waals surface area contributed by atoms with Gasteiger partial charge in [0.15, 0.2) is 5.78 Å². The van der Waals surface area contributed by atoms with Crippen molar-refractivity contribution in [3.63, 3.8) is 0 Å². The van der Waals surface area contributed by atoms with Gasteiger partial charge >= 0.3 is 0 Å². The lowest BCUT2D eigenvalue weighted by Gasteiger charge is -2.41. The van der Waals surface area contributed by atoms with Gasteiger partial charge in [0.2, 0.25) is 0 Å². The molecule has 2 nitrogen and oxygen atoms in total. The summed E-state index contributed by atoms with van der Waals surface area (Å²) >= 11 is 3.40. The predicted octanol–water partition coefficient (Wildman–Crippen LogP) is 4.39. The fourth-order valence-electron chi connectivity index (χ4n) is 3.15. The molecule has 0 aromatic heterocycles. The van der Waals surface area contributed by atoms with Gasteiger partial charge in [-0.2, -0.15) is 0 Å². The molecule has 0 saturated carbocycles. The maximum atomic E-state index is 12.2. The second-order valence-corrected chi connectivity index (χ2v) is 7.15. The number of hydrogen-bond donors (Lipinski definition) is 0. The van der Waals surface area contributed by atoms with Crippen molar-refractivity contribution >= 4 is 21.7 Å². The van der Waals surface area contributed by atoms with Gasteiger partial charge in [0, 0.05) is 35.6 Å². The molecule has 3 unspecified atom stereocenters. The number of halogens is 1. The Morgan fingerprint density at radius 2 is 1.90 bits per heavy atom. The second-order valence-electron chi connectivity index (χ2n) is 6.23. The van der Waals surface area contributed by atoms with E-state index in [1.54, 1.807) is 0 Å². The summed E-state index contributed by atoms with van der Waals surface area (Å²) in [5.41, 5.74) is 0.818. The molecule has 0 N–H and O–H groups in total. The Morgan fingerprint density at radius 1 is 1.25 bits per heavy atom. The summed E-state index contributed by atoms with van der Waals surface area (Å²) < 4.78 is 1.02. The maximum absolute atomic E-state index is 12.2. The van der Waals surface area contributed by atoms with Crippen LogP contribution in [-0.2, 0) is 0 Å². The highest BCUT2D eigenvalue weighted by molar-refractivity contribution is 9.10. The molecule has 3 atom stereocenters. The average molecular weight is 338 g/mol. The first-order chi connectivity index (χ1) is 9.47. The van der Waals surface area contributed by atoms with E-state index in [2.05, 4.69) is 41.6 Å². The number of carbonyl (C=O) groups is 1. The van der Waals surface area contributed by atoms with E-state index in [-0.39, 0.29) is 5.78 Å². The number of benzene rings is 1. The Bertz CT molecular complexity index is 457. The normalized spacial score (nSPS) is 27.5. The molecule has 3 heteroatoms. The lowest BCUT2D eigenvalue weighted by molar-refractivity contribution is 0.0721. The molecule has 0 spiro atoms. The molecule has 0 bridgehead atoms. The Morgan fingerprint density at radius 3 is 2.55 bits per heavy atom. The first-order valence-corrected chi connectivity index (χ1v) is 8.29. The Kier molecular flexibility index (Phi) is 5.39. The molecular weight excluding hydrogens is 314 g/mol. The molecule has 110 valence electrons. The second kappa shape index (κ2) is 6.86. The summed E-state index contributed by atoms with van der Waals surface area (Å²) in [5, 5.41) is 0. The van der Waals surface area contributed by atoms with E-state index in [1.165, 1.54) is 6.42 Å². The van der Waals surface area contributed by atoms with Crippen LogP contribution in [0.4, 0.5) is 0 Å². The third-order valence-electron chi connectivity index (χ3n) is 4.51. The van der Waals surface area contributed by atoms with E-state index in [0.717, 1.165) is 35.0 Å². The van der Waals surface area contributed by atoms with Crippen molar-refractivity contribution in [2.24, 2.45) is 11.8 Å². The number of piperidine rings is 1. The van der Waals surface area contributed by atoms with E-state index in [4.69, 9.17) is 0 Å². The summed E-state index contributed by atoms with van der Waals surface area (Å²) in [6, 6.07) is 8.25. The molecule has 1 fully saturated rings. The minimum Gasteiger partial charge on any atom is -0.300 e. The largest absolute Gasteiger partial charge is 0.300 e. The highest BCUT2D eigenvalue weighted by atomic mass is 79.9.